The molecule has 1 N–H and O–H groups in total. The predicted molar refractivity (Wildman–Crippen MR) is 72.6 cm³/mol. The quantitative estimate of drug-likeness (QED) is 0.849. The first kappa shape index (κ1) is 13.2. The van der Waals surface area contributed by atoms with E-state index in [9.17, 15) is 0 Å². The zero-order chi connectivity index (χ0) is 12.7. The fourth-order valence-corrected chi connectivity index (χ4v) is 1.43. The average Bonchev–Trinajstić information content (AvgIpc) is 2.31. The van der Waals surface area contributed by atoms with Gasteiger partial charge in [-0.1, -0.05) is 32.0 Å². The summed E-state index contributed by atoms with van der Waals surface area (Å²) < 4.78 is 0. The van der Waals surface area contributed by atoms with Crippen LogP contribution in [0.3, 0.4) is 0 Å². The van der Waals surface area contributed by atoms with Gasteiger partial charge in [-0.25, -0.2) is 9.97 Å². The number of rotatable bonds is 2. The summed E-state index contributed by atoms with van der Waals surface area (Å²) in [6.07, 6.45) is 0. The lowest BCUT2D eigenvalue weighted by atomic mass is 10.3. The molecule has 0 spiro atoms. The molecule has 0 unspecified atom stereocenters. The van der Waals surface area contributed by atoms with Crippen LogP contribution in [-0.4, -0.2) is 9.97 Å². The van der Waals surface area contributed by atoms with Crippen molar-refractivity contribution < 1.29 is 0 Å². The van der Waals surface area contributed by atoms with Gasteiger partial charge in [0.15, 0.2) is 0 Å². The fraction of sp³-hybridized carbons (Fsp3) is 0.286. The minimum absolute atomic E-state index is 0.652. The lowest BCUT2D eigenvalue weighted by Gasteiger charge is -2.05. The van der Waals surface area contributed by atoms with Crippen molar-refractivity contribution in [1.82, 2.24) is 9.97 Å². The molecule has 0 atom stereocenters. The number of aromatic nitrogens is 2. The van der Waals surface area contributed by atoms with E-state index >= 15 is 0 Å². The third-order valence-electron chi connectivity index (χ3n) is 2.01. The molecule has 90 valence electrons. The van der Waals surface area contributed by atoms with Gasteiger partial charge >= 0.3 is 0 Å². The summed E-state index contributed by atoms with van der Waals surface area (Å²) in [4.78, 5) is 8.61. The van der Waals surface area contributed by atoms with E-state index in [1.165, 1.54) is 0 Å². The minimum atomic E-state index is 0.652. The van der Waals surface area contributed by atoms with E-state index < -0.39 is 0 Å². The Morgan fingerprint density at radius 1 is 0.882 bits per heavy atom. The highest BCUT2D eigenvalue weighted by Gasteiger charge is 1.98. The maximum Gasteiger partial charge on any atom is 0.227 e. The Hall–Kier alpha value is -1.90. The number of hydrogen-bond donors (Lipinski definition) is 1. The van der Waals surface area contributed by atoms with Crippen LogP contribution in [0.2, 0.25) is 0 Å². The molecular formula is C14H19N3. The minimum Gasteiger partial charge on any atom is -0.324 e. The van der Waals surface area contributed by atoms with Crippen LogP contribution < -0.4 is 5.32 Å². The zero-order valence-electron chi connectivity index (χ0n) is 10.9. The summed E-state index contributed by atoms with van der Waals surface area (Å²) in [5, 5.41) is 3.16. The van der Waals surface area contributed by atoms with Crippen LogP contribution in [0.5, 0.6) is 0 Å². The number of aryl methyl sites for hydroxylation is 2. The lowest BCUT2D eigenvalue weighted by molar-refractivity contribution is 1.06. The van der Waals surface area contributed by atoms with Gasteiger partial charge in [0.05, 0.1) is 0 Å². The summed E-state index contributed by atoms with van der Waals surface area (Å²) in [6, 6.07) is 11.9. The molecular weight excluding hydrogens is 210 g/mol. The second kappa shape index (κ2) is 6.63. The summed E-state index contributed by atoms with van der Waals surface area (Å²) in [6.45, 7) is 7.93. The van der Waals surface area contributed by atoms with Gasteiger partial charge in [-0.2, -0.15) is 0 Å². The number of nitrogens with one attached hydrogen (secondary N) is 1. The molecule has 1 aromatic heterocycles. The van der Waals surface area contributed by atoms with Gasteiger partial charge in [-0.15, -0.1) is 0 Å². The van der Waals surface area contributed by atoms with E-state index in [-0.39, 0.29) is 0 Å². The Bertz CT molecular complexity index is 432. The number of anilines is 2. The highest BCUT2D eigenvalue weighted by Crippen LogP contribution is 2.12. The second-order valence-corrected chi connectivity index (χ2v) is 3.47. The van der Waals surface area contributed by atoms with Crippen molar-refractivity contribution in [2.75, 3.05) is 5.32 Å². The van der Waals surface area contributed by atoms with Crippen LogP contribution in [0.1, 0.15) is 25.2 Å². The van der Waals surface area contributed by atoms with Crippen molar-refractivity contribution in [1.29, 1.82) is 0 Å². The Balaban J connectivity index is 0.000000686. The number of para-hydroxylation sites is 1. The van der Waals surface area contributed by atoms with Gasteiger partial charge in [0.25, 0.3) is 0 Å². The van der Waals surface area contributed by atoms with Crippen molar-refractivity contribution >= 4 is 11.6 Å². The van der Waals surface area contributed by atoms with E-state index in [2.05, 4.69) is 15.3 Å². The highest BCUT2D eigenvalue weighted by atomic mass is 15.1. The van der Waals surface area contributed by atoms with Crippen molar-refractivity contribution in [2.24, 2.45) is 0 Å². The Labute approximate surface area is 103 Å². The highest BCUT2D eigenvalue weighted by molar-refractivity contribution is 5.52. The molecule has 1 heterocycles. The molecule has 2 rings (SSSR count). The Morgan fingerprint density at radius 3 is 1.94 bits per heavy atom. The Morgan fingerprint density at radius 2 is 1.41 bits per heavy atom. The fourth-order valence-electron chi connectivity index (χ4n) is 1.43. The molecule has 0 radical (unpaired) electrons. The molecule has 17 heavy (non-hydrogen) atoms. The van der Waals surface area contributed by atoms with Gasteiger partial charge in [0.2, 0.25) is 5.95 Å². The Kier molecular flexibility index (Phi) is 5.14. The smallest absolute Gasteiger partial charge is 0.227 e. The summed E-state index contributed by atoms with van der Waals surface area (Å²) in [7, 11) is 0. The van der Waals surface area contributed by atoms with E-state index in [0.29, 0.717) is 5.95 Å². The van der Waals surface area contributed by atoms with Gasteiger partial charge in [-0.3, -0.25) is 0 Å². The topological polar surface area (TPSA) is 37.8 Å². The van der Waals surface area contributed by atoms with E-state index in [4.69, 9.17) is 0 Å². The predicted octanol–water partition coefficient (Wildman–Crippen LogP) is 3.86. The van der Waals surface area contributed by atoms with Crippen LogP contribution in [0.25, 0.3) is 0 Å². The molecule has 0 fully saturated rings. The summed E-state index contributed by atoms with van der Waals surface area (Å²) in [5.41, 5.74) is 2.95. The summed E-state index contributed by atoms with van der Waals surface area (Å²) >= 11 is 0. The van der Waals surface area contributed by atoms with Crippen LogP contribution >= 0.6 is 0 Å². The number of hydrogen-bond acceptors (Lipinski definition) is 3. The molecule has 0 aliphatic rings. The van der Waals surface area contributed by atoms with E-state index in [1.807, 2.05) is 64.1 Å². The largest absolute Gasteiger partial charge is 0.324 e. The van der Waals surface area contributed by atoms with Gasteiger partial charge in [0, 0.05) is 17.1 Å². The maximum absolute atomic E-state index is 4.31. The molecule has 0 aliphatic carbocycles. The van der Waals surface area contributed by atoms with Crippen LogP contribution in [0.4, 0.5) is 11.6 Å². The van der Waals surface area contributed by atoms with Crippen molar-refractivity contribution in [3.05, 3.63) is 47.8 Å². The third-order valence-corrected chi connectivity index (χ3v) is 2.01. The van der Waals surface area contributed by atoms with Crippen molar-refractivity contribution in [3.8, 4) is 0 Å². The van der Waals surface area contributed by atoms with Crippen LogP contribution in [-0.2, 0) is 0 Å². The first-order valence-electron chi connectivity index (χ1n) is 5.88. The molecule has 3 nitrogen and oxygen atoms in total. The van der Waals surface area contributed by atoms with E-state index in [1.54, 1.807) is 0 Å². The van der Waals surface area contributed by atoms with E-state index in [0.717, 1.165) is 17.1 Å². The maximum atomic E-state index is 4.31. The molecule has 3 heteroatoms. The molecule has 0 aliphatic heterocycles. The van der Waals surface area contributed by atoms with Crippen LogP contribution in [0, 0.1) is 13.8 Å². The normalized spacial score (nSPS) is 9.18. The standard InChI is InChI=1S/C12H13N3.C2H6/c1-9-8-10(2)14-12(13-9)15-11-6-4-3-5-7-11;1-2/h3-8H,1-2H3,(H,13,14,15);1-2H3. The van der Waals surface area contributed by atoms with Gasteiger partial charge < -0.3 is 5.32 Å². The molecule has 2 aromatic rings. The third kappa shape index (κ3) is 4.23. The van der Waals surface area contributed by atoms with Crippen molar-refractivity contribution in [3.63, 3.8) is 0 Å². The molecule has 0 amide bonds. The first-order valence-corrected chi connectivity index (χ1v) is 5.88. The molecule has 0 saturated carbocycles. The molecule has 0 bridgehead atoms. The monoisotopic (exact) mass is 229 g/mol. The average molecular weight is 229 g/mol. The van der Waals surface area contributed by atoms with Gasteiger partial charge in [-0.05, 0) is 32.0 Å². The number of nitrogens with zero attached hydrogens (tertiary/aromatic N) is 2. The first-order chi connectivity index (χ1) is 8.24. The molecule has 0 saturated heterocycles. The van der Waals surface area contributed by atoms with Gasteiger partial charge in [0.1, 0.15) is 0 Å². The summed E-state index contributed by atoms with van der Waals surface area (Å²) in [5.74, 6) is 0.652. The number of benzene rings is 1. The second-order valence-electron chi connectivity index (χ2n) is 3.47. The van der Waals surface area contributed by atoms with Crippen LogP contribution in [0.15, 0.2) is 36.4 Å². The zero-order valence-corrected chi connectivity index (χ0v) is 10.9. The van der Waals surface area contributed by atoms with Crippen molar-refractivity contribution in [2.45, 2.75) is 27.7 Å². The molecule has 1 aromatic carbocycles. The lowest BCUT2D eigenvalue weighted by Crippen LogP contribution is -1.99. The SMILES string of the molecule is CC.Cc1cc(C)nc(Nc2ccccc2)n1.